The van der Waals surface area contributed by atoms with Crippen LogP contribution in [0.4, 0.5) is 5.69 Å². The number of nitrogens with zero attached hydrogens (tertiary/aromatic N) is 3. The standard InChI is InChI=1S/C16H16N4OS/c17-12-5-3-11(4-6-12)13-9-20-14(10-22-16(20)18-13)15(21)19-7-1-2-8-19/h3-6,9-10H,1-2,7-8,17H2. The van der Waals surface area contributed by atoms with Crippen molar-refractivity contribution in [3.05, 3.63) is 41.5 Å². The van der Waals surface area contributed by atoms with Crippen molar-refractivity contribution in [2.45, 2.75) is 12.8 Å². The zero-order valence-electron chi connectivity index (χ0n) is 12.0. The molecule has 1 saturated heterocycles. The maximum atomic E-state index is 12.6. The van der Waals surface area contributed by atoms with Crippen LogP contribution >= 0.6 is 11.3 Å². The highest BCUT2D eigenvalue weighted by Gasteiger charge is 2.23. The molecule has 1 aliphatic rings. The van der Waals surface area contributed by atoms with Gasteiger partial charge in [-0.1, -0.05) is 12.1 Å². The number of nitrogens with two attached hydrogens (primary N) is 1. The molecule has 1 amide bonds. The Hall–Kier alpha value is -2.34. The first kappa shape index (κ1) is 13.3. The van der Waals surface area contributed by atoms with Crippen molar-refractivity contribution in [1.29, 1.82) is 0 Å². The van der Waals surface area contributed by atoms with Gasteiger partial charge in [0.25, 0.3) is 5.91 Å². The smallest absolute Gasteiger partial charge is 0.271 e. The summed E-state index contributed by atoms with van der Waals surface area (Å²) >= 11 is 1.50. The Kier molecular flexibility index (Phi) is 3.11. The number of aromatic nitrogens is 2. The van der Waals surface area contributed by atoms with Crippen molar-refractivity contribution in [1.82, 2.24) is 14.3 Å². The van der Waals surface area contributed by atoms with E-state index in [4.69, 9.17) is 5.73 Å². The molecule has 0 aliphatic carbocycles. The lowest BCUT2D eigenvalue weighted by molar-refractivity contribution is 0.0786. The maximum Gasteiger partial charge on any atom is 0.271 e. The highest BCUT2D eigenvalue weighted by Crippen LogP contribution is 2.25. The molecule has 0 unspecified atom stereocenters. The first-order valence-corrected chi connectivity index (χ1v) is 8.22. The number of likely N-dealkylation sites (tertiary alicyclic amines) is 1. The van der Waals surface area contributed by atoms with Crippen LogP contribution in [-0.4, -0.2) is 33.3 Å². The van der Waals surface area contributed by atoms with Crippen LogP contribution < -0.4 is 5.73 Å². The molecule has 0 bridgehead atoms. The van der Waals surface area contributed by atoms with Crippen LogP contribution in [-0.2, 0) is 0 Å². The number of nitrogen functional groups attached to an aromatic ring is 1. The molecule has 1 aliphatic heterocycles. The fraction of sp³-hybridized carbons (Fsp3) is 0.250. The van der Waals surface area contributed by atoms with Crippen molar-refractivity contribution in [3.8, 4) is 11.3 Å². The number of carbonyl (C=O) groups is 1. The van der Waals surface area contributed by atoms with Gasteiger partial charge in [-0.3, -0.25) is 9.20 Å². The van der Waals surface area contributed by atoms with Gasteiger partial charge < -0.3 is 10.6 Å². The third kappa shape index (κ3) is 2.16. The first-order valence-electron chi connectivity index (χ1n) is 7.34. The number of imidazole rings is 1. The molecule has 0 radical (unpaired) electrons. The summed E-state index contributed by atoms with van der Waals surface area (Å²) in [7, 11) is 0. The van der Waals surface area contributed by atoms with Crippen molar-refractivity contribution >= 4 is 27.9 Å². The fourth-order valence-corrected chi connectivity index (χ4v) is 3.66. The molecular weight excluding hydrogens is 296 g/mol. The number of hydrogen-bond acceptors (Lipinski definition) is 4. The van der Waals surface area contributed by atoms with Crippen LogP contribution in [0, 0.1) is 0 Å². The summed E-state index contributed by atoms with van der Waals surface area (Å²) in [5, 5.41) is 1.90. The van der Waals surface area contributed by atoms with Gasteiger partial charge in [-0.05, 0) is 25.0 Å². The third-order valence-electron chi connectivity index (χ3n) is 4.03. The minimum Gasteiger partial charge on any atom is -0.399 e. The van der Waals surface area contributed by atoms with E-state index < -0.39 is 0 Å². The quantitative estimate of drug-likeness (QED) is 0.740. The molecule has 112 valence electrons. The Morgan fingerprint density at radius 2 is 1.91 bits per heavy atom. The van der Waals surface area contributed by atoms with Crippen molar-refractivity contribution in [2.24, 2.45) is 0 Å². The number of rotatable bonds is 2. The lowest BCUT2D eigenvalue weighted by Crippen LogP contribution is -2.28. The van der Waals surface area contributed by atoms with Gasteiger partial charge in [-0.2, -0.15) is 0 Å². The fourth-order valence-electron chi connectivity index (χ4n) is 2.81. The van der Waals surface area contributed by atoms with E-state index in [9.17, 15) is 4.79 Å². The van der Waals surface area contributed by atoms with E-state index in [0.717, 1.165) is 47.8 Å². The third-order valence-corrected chi connectivity index (χ3v) is 4.87. The summed E-state index contributed by atoms with van der Waals surface area (Å²) in [6.07, 6.45) is 4.12. The summed E-state index contributed by atoms with van der Waals surface area (Å²) in [5.41, 5.74) is 9.02. The predicted molar refractivity (Wildman–Crippen MR) is 88.1 cm³/mol. The molecule has 3 aromatic rings. The number of carbonyl (C=O) groups excluding carboxylic acids is 1. The van der Waals surface area contributed by atoms with E-state index in [2.05, 4.69) is 4.98 Å². The van der Waals surface area contributed by atoms with Crippen LogP contribution in [0.3, 0.4) is 0 Å². The van der Waals surface area contributed by atoms with Crippen LogP contribution in [0.1, 0.15) is 23.3 Å². The number of anilines is 1. The molecule has 0 spiro atoms. The van der Waals surface area contributed by atoms with Gasteiger partial charge >= 0.3 is 0 Å². The molecule has 4 rings (SSSR count). The van der Waals surface area contributed by atoms with Gasteiger partial charge in [0.15, 0.2) is 4.96 Å². The molecule has 5 nitrogen and oxygen atoms in total. The first-order chi connectivity index (χ1) is 10.7. The molecular formula is C16H16N4OS. The minimum absolute atomic E-state index is 0.102. The molecule has 3 heterocycles. The van der Waals surface area contributed by atoms with Crippen LogP contribution in [0.15, 0.2) is 35.8 Å². The monoisotopic (exact) mass is 312 g/mol. The van der Waals surface area contributed by atoms with Crippen LogP contribution in [0.25, 0.3) is 16.2 Å². The number of fused-ring (bicyclic) bond motifs is 1. The van der Waals surface area contributed by atoms with Gasteiger partial charge in [0.05, 0.1) is 5.69 Å². The number of benzene rings is 1. The molecule has 22 heavy (non-hydrogen) atoms. The van der Waals surface area contributed by atoms with E-state index in [1.54, 1.807) is 0 Å². The topological polar surface area (TPSA) is 63.6 Å². The zero-order valence-corrected chi connectivity index (χ0v) is 12.8. The largest absolute Gasteiger partial charge is 0.399 e. The molecule has 1 fully saturated rings. The average molecular weight is 312 g/mol. The summed E-state index contributed by atoms with van der Waals surface area (Å²) < 4.78 is 1.90. The van der Waals surface area contributed by atoms with E-state index in [1.807, 2.05) is 45.1 Å². The van der Waals surface area contributed by atoms with E-state index in [1.165, 1.54) is 11.3 Å². The van der Waals surface area contributed by atoms with E-state index in [0.29, 0.717) is 5.69 Å². The Balaban J connectivity index is 1.72. The van der Waals surface area contributed by atoms with Gasteiger partial charge in [-0.25, -0.2) is 4.98 Å². The lowest BCUT2D eigenvalue weighted by atomic mass is 10.1. The second-order valence-corrected chi connectivity index (χ2v) is 6.36. The number of thiazole rings is 1. The highest BCUT2D eigenvalue weighted by molar-refractivity contribution is 7.15. The van der Waals surface area contributed by atoms with E-state index >= 15 is 0 Å². The normalized spacial score (nSPS) is 14.8. The molecule has 2 N–H and O–H groups in total. The van der Waals surface area contributed by atoms with Crippen molar-refractivity contribution < 1.29 is 4.79 Å². The Labute approximate surface area is 132 Å². The second-order valence-electron chi connectivity index (χ2n) is 5.52. The molecule has 6 heteroatoms. The Morgan fingerprint density at radius 3 is 2.64 bits per heavy atom. The van der Waals surface area contributed by atoms with Crippen LogP contribution in [0.5, 0.6) is 0 Å². The van der Waals surface area contributed by atoms with Gasteiger partial charge in [0.1, 0.15) is 5.69 Å². The Bertz CT molecular complexity index is 828. The van der Waals surface area contributed by atoms with Gasteiger partial charge in [0, 0.05) is 35.9 Å². The number of hydrogen-bond donors (Lipinski definition) is 1. The van der Waals surface area contributed by atoms with E-state index in [-0.39, 0.29) is 5.91 Å². The van der Waals surface area contributed by atoms with Crippen molar-refractivity contribution in [3.63, 3.8) is 0 Å². The molecule has 0 atom stereocenters. The summed E-state index contributed by atoms with van der Waals surface area (Å²) in [5.74, 6) is 0.102. The number of amides is 1. The van der Waals surface area contributed by atoms with Gasteiger partial charge in [-0.15, -0.1) is 11.3 Å². The predicted octanol–water partition coefficient (Wildman–Crippen LogP) is 2.88. The second kappa shape index (κ2) is 5.14. The molecule has 2 aromatic heterocycles. The Morgan fingerprint density at radius 1 is 1.18 bits per heavy atom. The highest BCUT2D eigenvalue weighted by atomic mass is 32.1. The maximum absolute atomic E-state index is 12.6. The average Bonchev–Trinajstić information content (AvgIpc) is 3.24. The van der Waals surface area contributed by atoms with Crippen molar-refractivity contribution in [2.75, 3.05) is 18.8 Å². The molecule has 0 saturated carbocycles. The summed E-state index contributed by atoms with van der Waals surface area (Å²) in [4.78, 5) is 20.0. The zero-order chi connectivity index (χ0) is 15.1. The van der Waals surface area contributed by atoms with Crippen LogP contribution in [0.2, 0.25) is 0 Å². The lowest BCUT2D eigenvalue weighted by Gasteiger charge is -2.13. The summed E-state index contributed by atoms with van der Waals surface area (Å²) in [6, 6.07) is 7.62. The SMILES string of the molecule is Nc1ccc(-c2cn3c(C(=O)N4CCCC4)csc3n2)cc1. The van der Waals surface area contributed by atoms with Gasteiger partial charge in [0.2, 0.25) is 0 Å². The molecule has 1 aromatic carbocycles. The summed E-state index contributed by atoms with van der Waals surface area (Å²) in [6.45, 7) is 1.71. The minimum atomic E-state index is 0.102.